The van der Waals surface area contributed by atoms with Crippen LogP contribution in [0.3, 0.4) is 0 Å². The Kier molecular flexibility index (Phi) is 6.14. The van der Waals surface area contributed by atoms with Crippen molar-refractivity contribution < 1.29 is 0 Å². The van der Waals surface area contributed by atoms with Gasteiger partial charge in [-0.15, -0.1) is 12.4 Å². The minimum Gasteiger partial charge on any atom is -0.317 e. The topological polar surface area (TPSA) is 39.1 Å². The van der Waals surface area contributed by atoms with Crippen molar-refractivity contribution in [2.75, 3.05) is 20.1 Å². The van der Waals surface area contributed by atoms with Gasteiger partial charge in [-0.05, 0) is 44.6 Å². The predicted molar refractivity (Wildman–Crippen MR) is 75.8 cm³/mol. The van der Waals surface area contributed by atoms with Crippen LogP contribution in [0.5, 0.6) is 0 Å². The molecule has 18 heavy (non-hydrogen) atoms. The molecule has 0 amide bonds. The second-order valence-electron chi connectivity index (χ2n) is 4.61. The fourth-order valence-corrected chi connectivity index (χ4v) is 2.39. The molecule has 1 saturated heterocycles. The first-order chi connectivity index (χ1) is 8.33. The van der Waals surface area contributed by atoms with Crippen molar-refractivity contribution in [2.24, 2.45) is 0 Å². The van der Waals surface area contributed by atoms with Gasteiger partial charge in [0.25, 0.3) is 0 Å². The number of nitrogens with one attached hydrogen (secondary N) is 1. The third kappa shape index (κ3) is 3.71. The summed E-state index contributed by atoms with van der Waals surface area (Å²) in [4.78, 5) is 2.43. The summed E-state index contributed by atoms with van der Waals surface area (Å²) in [5.41, 5.74) is 1.96. The van der Waals surface area contributed by atoms with E-state index in [4.69, 9.17) is 5.26 Å². The van der Waals surface area contributed by atoms with Crippen molar-refractivity contribution in [1.29, 1.82) is 5.26 Å². The standard InChI is InChI=1S/C14H19N3.ClH/c1-16-14-6-8-17(9-7-14)11-13-5-3-2-4-12(13)10-15;/h2-5,14,16H,6-9,11H2,1H3;1H. The number of likely N-dealkylation sites (tertiary alicyclic amines) is 1. The van der Waals surface area contributed by atoms with Crippen molar-refractivity contribution in [2.45, 2.75) is 25.4 Å². The van der Waals surface area contributed by atoms with E-state index in [1.165, 1.54) is 12.8 Å². The number of benzene rings is 1. The SMILES string of the molecule is CNC1CCN(Cc2ccccc2C#N)CC1.Cl. The zero-order valence-electron chi connectivity index (χ0n) is 10.7. The number of nitrogens with zero attached hydrogens (tertiary/aromatic N) is 2. The monoisotopic (exact) mass is 265 g/mol. The summed E-state index contributed by atoms with van der Waals surface area (Å²) in [6, 6.07) is 10.8. The lowest BCUT2D eigenvalue weighted by Crippen LogP contribution is -2.40. The molecule has 0 spiro atoms. The van der Waals surface area contributed by atoms with Gasteiger partial charge >= 0.3 is 0 Å². The smallest absolute Gasteiger partial charge is 0.0995 e. The van der Waals surface area contributed by atoms with Crippen LogP contribution >= 0.6 is 12.4 Å². The summed E-state index contributed by atoms with van der Waals surface area (Å²) in [5.74, 6) is 0. The minimum atomic E-state index is 0. The number of hydrogen-bond donors (Lipinski definition) is 1. The van der Waals surface area contributed by atoms with Crippen LogP contribution in [-0.2, 0) is 6.54 Å². The average molecular weight is 266 g/mol. The van der Waals surface area contributed by atoms with Gasteiger partial charge in [0.1, 0.15) is 0 Å². The van der Waals surface area contributed by atoms with E-state index in [0.717, 1.165) is 30.8 Å². The lowest BCUT2D eigenvalue weighted by molar-refractivity contribution is 0.194. The normalized spacial score (nSPS) is 16.9. The molecule has 1 aliphatic rings. The molecule has 0 aromatic heterocycles. The Labute approximate surface area is 115 Å². The molecule has 1 aliphatic heterocycles. The number of hydrogen-bond acceptors (Lipinski definition) is 3. The Balaban J connectivity index is 0.00000162. The molecule has 0 aliphatic carbocycles. The van der Waals surface area contributed by atoms with Crippen molar-refractivity contribution in [3.63, 3.8) is 0 Å². The van der Waals surface area contributed by atoms with Gasteiger partial charge in [0.05, 0.1) is 11.6 Å². The van der Waals surface area contributed by atoms with Crippen molar-refractivity contribution in [3.8, 4) is 6.07 Å². The van der Waals surface area contributed by atoms with E-state index in [-0.39, 0.29) is 12.4 Å². The number of halogens is 1. The molecule has 1 N–H and O–H groups in total. The maximum absolute atomic E-state index is 9.05. The van der Waals surface area contributed by atoms with Gasteiger partial charge in [0.2, 0.25) is 0 Å². The molecule has 4 heteroatoms. The lowest BCUT2D eigenvalue weighted by Gasteiger charge is -2.31. The summed E-state index contributed by atoms with van der Waals surface area (Å²) in [7, 11) is 2.03. The second-order valence-corrected chi connectivity index (χ2v) is 4.61. The van der Waals surface area contributed by atoms with Crippen LogP contribution in [0.4, 0.5) is 0 Å². The molecule has 2 rings (SSSR count). The van der Waals surface area contributed by atoms with Gasteiger partial charge in [0, 0.05) is 12.6 Å². The van der Waals surface area contributed by atoms with Crippen LogP contribution in [0.15, 0.2) is 24.3 Å². The van der Waals surface area contributed by atoms with Gasteiger partial charge in [-0.3, -0.25) is 4.90 Å². The minimum absolute atomic E-state index is 0. The fourth-order valence-electron chi connectivity index (χ4n) is 2.39. The summed E-state index contributed by atoms with van der Waals surface area (Å²) >= 11 is 0. The van der Waals surface area contributed by atoms with Gasteiger partial charge in [-0.1, -0.05) is 18.2 Å². The number of piperidine rings is 1. The second kappa shape index (κ2) is 7.38. The van der Waals surface area contributed by atoms with E-state index in [0.29, 0.717) is 6.04 Å². The highest BCUT2D eigenvalue weighted by Gasteiger charge is 2.18. The molecule has 1 heterocycles. The van der Waals surface area contributed by atoms with Crippen LogP contribution in [-0.4, -0.2) is 31.1 Å². The van der Waals surface area contributed by atoms with E-state index >= 15 is 0 Å². The highest BCUT2D eigenvalue weighted by molar-refractivity contribution is 5.85. The third-order valence-electron chi connectivity index (χ3n) is 3.53. The number of nitriles is 1. The Morgan fingerprint density at radius 3 is 2.61 bits per heavy atom. The summed E-state index contributed by atoms with van der Waals surface area (Å²) in [6.45, 7) is 3.14. The average Bonchev–Trinajstić information content (AvgIpc) is 2.40. The van der Waals surface area contributed by atoms with E-state index in [1.54, 1.807) is 0 Å². The van der Waals surface area contributed by atoms with Crippen molar-refractivity contribution >= 4 is 12.4 Å². The maximum Gasteiger partial charge on any atom is 0.0995 e. The highest BCUT2D eigenvalue weighted by Crippen LogP contribution is 2.15. The largest absolute Gasteiger partial charge is 0.317 e. The third-order valence-corrected chi connectivity index (χ3v) is 3.53. The van der Waals surface area contributed by atoms with Crippen molar-refractivity contribution in [1.82, 2.24) is 10.2 Å². The maximum atomic E-state index is 9.05. The lowest BCUT2D eigenvalue weighted by atomic mass is 10.0. The molecule has 0 unspecified atom stereocenters. The van der Waals surface area contributed by atoms with E-state index in [2.05, 4.69) is 22.4 Å². The highest BCUT2D eigenvalue weighted by atomic mass is 35.5. The van der Waals surface area contributed by atoms with E-state index < -0.39 is 0 Å². The van der Waals surface area contributed by atoms with Crippen LogP contribution in [0.25, 0.3) is 0 Å². The van der Waals surface area contributed by atoms with Gasteiger partial charge < -0.3 is 5.32 Å². The Bertz CT molecular complexity index is 406. The van der Waals surface area contributed by atoms with Gasteiger partial charge in [-0.2, -0.15) is 5.26 Å². The Morgan fingerprint density at radius 1 is 1.33 bits per heavy atom. The molecule has 1 fully saturated rings. The Morgan fingerprint density at radius 2 is 2.00 bits per heavy atom. The molecule has 0 radical (unpaired) electrons. The molecule has 3 nitrogen and oxygen atoms in total. The van der Waals surface area contributed by atoms with Crippen molar-refractivity contribution in [3.05, 3.63) is 35.4 Å². The summed E-state index contributed by atoms with van der Waals surface area (Å²) in [6.07, 6.45) is 2.40. The molecule has 0 atom stereocenters. The molecular weight excluding hydrogens is 246 g/mol. The zero-order valence-corrected chi connectivity index (χ0v) is 11.5. The fraction of sp³-hybridized carbons (Fsp3) is 0.500. The summed E-state index contributed by atoms with van der Waals surface area (Å²) < 4.78 is 0. The number of rotatable bonds is 3. The predicted octanol–water partition coefficient (Wildman–Crippen LogP) is 2.16. The molecule has 0 saturated carbocycles. The van der Waals surface area contributed by atoms with Crippen LogP contribution < -0.4 is 5.32 Å². The van der Waals surface area contributed by atoms with Crippen LogP contribution in [0.1, 0.15) is 24.0 Å². The van der Waals surface area contributed by atoms with Gasteiger partial charge in [-0.25, -0.2) is 0 Å². The molecule has 98 valence electrons. The zero-order chi connectivity index (χ0) is 12.1. The molecule has 0 bridgehead atoms. The quantitative estimate of drug-likeness (QED) is 0.910. The first kappa shape index (κ1) is 15.0. The Hall–Kier alpha value is -1.08. The van der Waals surface area contributed by atoms with Crippen LogP contribution in [0.2, 0.25) is 0 Å². The first-order valence-corrected chi connectivity index (χ1v) is 6.21. The molecule has 1 aromatic rings. The summed E-state index contributed by atoms with van der Waals surface area (Å²) in [5, 5.41) is 12.4. The molecular formula is C14H20ClN3. The van der Waals surface area contributed by atoms with E-state index in [1.807, 2.05) is 25.2 Å². The van der Waals surface area contributed by atoms with E-state index in [9.17, 15) is 0 Å². The van der Waals surface area contributed by atoms with Crippen LogP contribution in [0, 0.1) is 11.3 Å². The first-order valence-electron chi connectivity index (χ1n) is 6.21. The van der Waals surface area contributed by atoms with Gasteiger partial charge in [0.15, 0.2) is 0 Å². The molecule has 1 aromatic carbocycles.